The molecule has 0 heterocycles. The molecule has 0 radical (unpaired) electrons. The number of carbonyl (C=O) groups excluding carboxylic acids is 2. The van der Waals surface area contributed by atoms with Gasteiger partial charge in [-0.3, -0.25) is 18.6 Å². The van der Waals surface area contributed by atoms with Gasteiger partial charge in [-0.25, -0.2) is 4.57 Å². The highest BCUT2D eigenvalue weighted by atomic mass is 31.2. The van der Waals surface area contributed by atoms with E-state index < -0.39 is 26.5 Å². The molecule has 0 rings (SSSR count). The van der Waals surface area contributed by atoms with E-state index in [1.165, 1.54) is 25.7 Å². The van der Waals surface area contributed by atoms with Crippen molar-refractivity contribution in [3.05, 3.63) is 182 Å². The van der Waals surface area contributed by atoms with Gasteiger partial charge in [0, 0.05) is 12.8 Å². The lowest BCUT2D eigenvalue weighted by Crippen LogP contribution is -2.37. The monoisotopic (exact) mass is 1180 g/mol. The van der Waals surface area contributed by atoms with Gasteiger partial charge >= 0.3 is 19.8 Å². The van der Waals surface area contributed by atoms with Gasteiger partial charge in [-0.15, -0.1) is 0 Å². The van der Waals surface area contributed by atoms with E-state index in [2.05, 4.69) is 196 Å². The first-order valence-corrected chi connectivity index (χ1v) is 34.0. The van der Waals surface area contributed by atoms with Crippen molar-refractivity contribution in [2.24, 2.45) is 0 Å². The molecule has 0 aliphatic carbocycles. The summed E-state index contributed by atoms with van der Waals surface area (Å²) in [6, 6.07) is 0. The lowest BCUT2D eigenvalue weighted by Gasteiger charge is -2.24. The first-order chi connectivity index (χ1) is 41.0. The zero-order chi connectivity index (χ0) is 61.2. The molecule has 472 valence electrons. The topological polar surface area (TPSA) is 108 Å². The van der Waals surface area contributed by atoms with Crippen LogP contribution in [-0.2, 0) is 32.7 Å². The van der Waals surface area contributed by atoms with E-state index >= 15 is 0 Å². The molecule has 0 aromatic heterocycles. The molecule has 0 saturated carbocycles. The Morgan fingerprint density at radius 1 is 0.369 bits per heavy atom. The molecule has 0 fully saturated rings. The van der Waals surface area contributed by atoms with Crippen molar-refractivity contribution in [1.29, 1.82) is 0 Å². The lowest BCUT2D eigenvalue weighted by atomic mass is 10.1. The zero-order valence-corrected chi connectivity index (χ0v) is 54.4. The second-order valence-electron chi connectivity index (χ2n) is 22.0. The highest BCUT2D eigenvalue weighted by Crippen LogP contribution is 2.43. The Balaban J connectivity index is 4.22. The SMILES string of the molecule is CC/C=C\C/C=C\C/C=C\C/C=C\C/C=C\C/C=C\C/C=C\C/C=C\C/C=C\C/C=C\C/C=C\CCCCCCCC(=O)OC(COC(=O)CCCCCCCCCC/C=C\C/C=C\C/C=C\C/C=C\CC)COP(=O)(O)OCC[N+](C)(C)C. The lowest BCUT2D eigenvalue weighted by molar-refractivity contribution is -0.870. The molecule has 0 aliphatic heterocycles. The number of allylic oxidation sites excluding steroid dienone is 30. The number of unbranched alkanes of at least 4 members (excludes halogenated alkanes) is 13. The summed E-state index contributed by atoms with van der Waals surface area (Å²) >= 11 is 0. The summed E-state index contributed by atoms with van der Waals surface area (Å²) < 4.78 is 34.6. The van der Waals surface area contributed by atoms with Crippen LogP contribution in [0.3, 0.4) is 0 Å². The standard InChI is InChI=1S/C74H118NO8P/c1-6-8-10-12-14-16-18-20-22-24-26-28-29-30-31-32-33-34-35-36-37-38-39-40-41-42-43-44-45-47-49-51-53-55-57-59-61-63-65-67-74(77)83-72(71-82-84(78,79)81-69-68-75(3,4)5)70-80-73(76)66-64-62-60-58-56-54-52-50-48-46-27-25-23-21-19-17-15-13-11-9-7-2/h8-11,14-17,20-23,26-28,30-31,33-34,36-37,39-40,42-43,45-47,51,53,72H,6-7,12-13,18-19,24-25,29,32,35,38,41,44,48-50,52,54-71H2,1-5H3/p+1/b10-8-,11-9-,16-14-,17-15-,22-20-,23-21-,28-26-,31-30-,34-33-,37-36-,40-39-,43-42-,46-27-,47-45-,53-51-. The smallest absolute Gasteiger partial charge is 0.462 e. The maximum Gasteiger partial charge on any atom is 0.472 e. The van der Waals surface area contributed by atoms with Crippen LogP contribution in [0.2, 0.25) is 0 Å². The van der Waals surface area contributed by atoms with Crippen molar-refractivity contribution in [3.63, 3.8) is 0 Å². The number of rotatable bonds is 57. The van der Waals surface area contributed by atoms with Crippen molar-refractivity contribution in [2.45, 2.75) is 225 Å². The van der Waals surface area contributed by atoms with Crippen LogP contribution in [0.1, 0.15) is 219 Å². The van der Waals surface area contributed by atoms with Crippen LogP contribution in [0.5, 0.6) is 0 Å². The number of phosphoric ester groups is 1. The summed E-state index contributed by atoms with van der Waals surface area (Å²) in [5, 5.41) is 0. The first kappa shape index (κ1) is 79.1. The van der Waals surface area contributed by atoms with Crippen LogP contribution in [-0.4, -0.2) is 74.9 Å². The second-order valence-corrected chi connectivity index (χ2v) is 23.5. The minimum absolute atomic E-state index is 0.0157. The maximum atomic E-state index is 12.8. The van der Waals surface area contributed by atoms with Crippen molar-refractivity contribution in [2.75, 3.05) is 47.5 Å². The number of ether oxygens (including phenoxy) is 2. The number of quaternary nitrogens is 1. The third-order valence-corrected chi connectivity index (χ3v) is 13.9. The van der Waals surface area contributed by atoms with E-state index in [-0.39, 0.29) is 32.0 Å². The molecule has 0 spiro atoms. The molecule has 10 heteroatoms. The average Bonchev–Trinajstić information content (AvgIpc) is 3.61. The number of likely N-dealkylation sites (N-methyl/N-ethyl adjacent to an activating group) is 1. The highest BCUT2D eigenvalue weighted by Gasteiger charge is 2.27. The van der Waals surface area contributed by atoms with Crippen LogP contribution in [0.25, 0.3) is 0 Å². The Bertz CT molecular complexity index is 2070. The van der Waals surface area contributed by atoms with E-state index in [4.69, 9.17) is 18.5 Å². The van der Waals surface area contributed by atoms with Crippen LogP contribution in [0.4, 0.5) is 0 Å². The predicted molar refractivity (Wildman–Crippen MR) is 362 cm³/mol. The molecule has 84 heavy (non-hydrogen) atoms. The van der Waals surface area contributed by atoms with Crippen molar-refractivity contribution in [1.82, 2.24) is 0 Å². The fraction of sp³-hybridized carbons (Fsp3) is 0.568. The Kier molecular flexibility index (Phi) is 59.0. The number of carbonyl (C=O) groups is 2. The minimum atomic E-state index is -4.41. The summed E-state index contributed by atoms with van der Waals surface area (Å²) in [5.74, 6) is -0.843. The summed E-state index contributed by atoms with van der Waals surface area (Å²) in [5.41, 5.74) is 0. The third kappa shape index (κ3) is 66.3. The second kappa shape index (κ2) is 62.6. The van der Waals surface area contributed by atoms with Crippen molar-refractivity contribution >= 4 is 19.8 Å². The first-order valence-electron chi connectivity index (χ1n) is 32.5. The minimum Gasteiger partial charge on any atom is -0.462 e. The van der Waals surface area contributed by atoms with Gasteiger partial charge in [-0.05, 0) is 135 Å². The van der Waals surface area contributed by atoms with E-state index in [1.807, 2.05) is 21.1 Å². The van der Waals surface area contributed by atoms with Crippen molar-refractivity contribution < 1.29 is 42.1 Å². The molecular formula is C74H119NO8P+. The van der Waals surface area contributed by atoms with Crippen LogP contribution < -0.4 is 0 Å². The molecule has 1 N–H and O–H groups in total. The Morgan fingerprint density at radius 2 is 0.643 bits per heavy atom. The number of hydrogen-bond acceptors (Lipinski definition) is 7. The number of esters is 2. The summed E-state index contributed by atoms with van der Waals surface area (Å²) in [6.45, 7) is 4.15. The predicted octanol–water partition coefficient (Wildman–Crippen LogP) is 21.1. The van der Waals surface area contributed by atoms with Gasteiger partial charge in [0.2, 0.25) is 0 Å². The Morgan fingerprint density at radius 3 is 0.952 bits per heavy atom. The van der Waals surface area contributed by atoms with Gasteiger partial charge in [-0.2, -0.15) is 0 Å². The van der Waals surface area contributed by atoms with Crippen LogP contribution >= 0.6 is 7.82 Å². The maximum absolute atomic E-state index is 12.8. The summed E-state index contributed by atoms with van der Waals surface area (Å²) in [4.78, 5) is 35.8. The van der Waals surface area contributed by atoms with E-state index in [0.717, 1.165) is 161 Å². The molecule has 0 saturated heterocycles. The number of phosphoric acid groups is 1. The third-order valence-electron chi connectivity index (χ3n) is 12.9. The fourth-order valence-electron chi connectivity index (χ4n) is 8.01. The van der Waals surface area contributed by atoms with Crippen LogP contribution in [0, 0.1) is 0 Å². The normalized spacial score (nSPS) is 14.4. The molecule has 0 amide bonds. The highest BCUT2D eigenvalue weighted by molar-refractivity contribution is 7.47. The molecule has 0 bridgehead atoms. The molecule has 2 unspecified atom stereocenters. The van der Waals surface area contributed by atoms with Gasteiger partial charge in [0.15, 0.2) is 6.10 Å². The average molecular weight is 1180 g/mol. The number of nitrogens with zero attached hydrogens (tertiary/aromatic N) is 1. The summed E-state index contributed by atoms with van der Waals surface area (Å²) in [7, 11) is 1.43. The van der Waals surface area contributed by atoms with Gasteiger partial charge < -0.3 is 18.9 Å². The largest absolute Gasteiger partial charge is 0.472 e. The quantitative estimate of drug-likeness (QED) is 0.0211. The van der Waals surface area contributed by atoms with Gasteiger partial charge in [0.25, 0.3) is 0 Å². The van der Waals surface area contributed by atoms with E-state index in [9.17, 15) is 19.0 Å². The fourth-order valence-corrected chi connectivity index (χ4v) is 8.75. The molecule has 9 nitrogen and oxygen atoms in total. The number of hydrogen-bond donors (Lipinski definition) is 1. The molecule has 0 aromatic carbocycles. The van der Waals surface area contributed by atoms with Gasteiger partial charge in [0.1, 0.15) is 19.8 Å². The Labute approximate surface area is 514 Å². The Hall–Kier alpha value is -4.89. The van der Waals surface area contributed by atoms with Crippen molar-refractivity contribution in [3.8, 4) is 0 Å². The van der Waals surface area contributed by atoms with Crippen LogP contribution in [0.15, 0.2) is 182 Å². The van der Waals surface area contributed by atoms with Gasteiger partial charge in [0.05, 0.1) is 27.7 Å². The van der Waals surface area contributed by atoms with E-state index in [1.54, 1.807) is 0 Å². The molecular weight excluding hydrogens is 1060 g/mol. The molecule has 0 aliphatic rings. The van der Waals surface area contributed by atoms with Gasteiger partial charge in [-0.1, -0.05) is 254 Å². The molecule has 2 atom stereocenters. The zero-order valence-electron chi connectivity index (χ0n) is 53.6. The molecule has 0 aromatic rings. The summed E-state index contributed by atoms with van der Waals surface area (Å²) in [6.07, 6.45) is 96.9. The van der Waals surface area contributed by atoms with E-state index in [0.29, 0.717) is 17.4 Å².